The van der Waals surface area contributed by atoms with E-state index >= 15 is 0 Å². The van der Waals surface area contributed by atoms with Crippen molar-refractivity contribution in [2.75, 3.05) is 20.3 Å². The fraction of sp³-hybridized carbons (Fsp3) is 0.625. The maximum Gasteiger partial charge on any atom is 0.407 e. The second kappa shape index (κ2) is 8.17. The van der Waals surface area contributed by atoms with E-state index < -0.39 is 42.3 Å². The largest absolute Gasteiger partial charge is 0.480 e. The van der Waals surface area contributed by atoms with Crippen molar-refractivity contribution in [1.82, 2.24) is 10.2 Å². The van der Waals surface area contributed by atoms with Gasteiger partial charge in [0.1, 0.15) is 24.1 Å². The summed E-state index contributed by atoms with van der Waals surface area (Å²) in [6.45, 7) is 4.22. The Bertz CT molecular complexity index is 672. The van der Waals surface area contributed by atoms with Gasteiger partial charge in [0.25, 0.3) is 5.91 Å². The van der Waals surface area contributed by atoms with E-state index in [1.54, 1.807) is 26.2 Å². The lowest BCUT2D eigenvalue weighted by atomic mass is 9.99. The monoisotopic (exact) mass is 402 g/mol. The van der Waals surface area contributed by atoms with Gasteiger partial charge in [-0.3, -0.25) is 9.59 Å². The van der Waals surface area contributed by atoms with Crippen molar-refractivity contribution < 1.29 is 38.5 Å². The standard InChI is InChI=1S/C16H22N2O8S/c1-16(2,3)26-14(22)10-8(6-25-15(23)17-5-9(19)20)7-27-13-11(24-4)12(21)18(10)13/h7,10-11,13H,5-6H2,1-4H3,(H,17,23)(H,19,20). The number of carboxylic acid groups (broad SMARTS) is 1. The van der Waals surface area contributed by atoms with Gasteiger partial charge in [0.15, 0.2) is 12.1 Å². The summed E-state index contributed by atoms with van der Waals surface area (Å²) >= 11 is 1.27. The number of esters is 1. The Labute approximate surface area is 160 Å². The summed E-state index contributed by atoms with van der Waals surface area (Å²) in [6, 6.07) is -1.04. The van der Waals surface area contributed by atoms with Crippen molar-refractivity contribution in [2.24, 2.45) is 0 Å². The number of carbonyl (C=O) groups excluding carboxylic acids is 3. The van der Waals surface area contributed by atoms with Crippen molar-refractivity contribution in [3.05, 3.63) is 11.0 Å². The van der Waals surface area contributed by atoms with E-state index in [9.17, 15) is 19.2 Å². The van der Waals surface area contributed by atoms with Crippen LogP contribution in [0.2, 0.25) is 0 Å². The molecule has 0 spiro atoms. The molecule has 0 radical (unpaired) electrons. The van der Waals surface area contributed by atoms with Gasteiger partial charge in [-0.1, -0.05) is 0 Å². The number of β-lactam (4-membered cyclic amide) rings is 1. The SMILES string of the molecule is COC1C(=O)N2C(C(=O)OC(C)(C)C)C(COC(=O)NCC(=O)O)=CSC12. The summed E-state index contributed by atoms with van der Waals surface area (Å²) in [4.78, 5) is 48.4. The van der Waals surface area contributed by atoms with Gasteiger partial charge in [-0.15, -0.1) is 11.8 Å². The van der Waals surface area contributed by atoms with Gasteiger partial charge in [0, 0.05) is 12.7 Å². The average molecular weight is 402 g/mol. The quantitative estimate of drug-likeness (QED) is 0.476. The van der Waals surface area contributed by atoms with E-state index in [1.165, 1.54) is 23.8 Å². The zero-order valence-electron chi connectivity index (χ0n) is 15.4. The number of hydrogen-bond acceptors (Lipinski definition) is 8. The topological polar surface area (TPSA) is 131 Å². The number of fused-ring (bicyclic) bond motifs is 1. The van der Waals surface area contributed by atoms with E-state index in [-0.39, 0.29) is 17.9 Å². The fourth-order valence-electron chi connectivity index (χ4n) is 2.57. The Morgan fingerprint density at radius 1 is 1.33 bits per heavy atom. The number of nitrogens with one attached hydrogen (secondary N) is 1. The molecule has 150 valence electrons. The van der Waals surface area contributed by atoms with Crippen LogP contribution in [0.25, 0.3) is 0 Å². The number of thioether (sulfide) groups is 1. The lowest BCUT2D eigenvalue weighted by Crippen LogP contribution is -2.70. The van der Waals surface area contributed by atoms with E-state index in [1.807, 2.05) is 0 Å². The third-order valence-electron chi connectivity index (χ3n) is 3.66. The molecule has 1 fully saturated rings. The van der Waals surface area contributed by atoms with Gasteiger partial charge in [-0.25, -0.2) is 9.59 Å². The summed E-state index contributed by atoms with van der Waals surface area (Å²) in [5, 5.41) is 11.9. The maximum absolute atomic E-state index is 12.7. The number of ether oxygens (including phenoxy) is 3. The Morgan fingerprint density at radius 3 is 2.56 bits per heavy atom. The van der Waals surface area contributed by atoms with Crippen LogP contribution in [0.5, 0.6) is 0 Å². The van der Waals surface area contributed by atoms with Crippen molar-refractivity contribution in [1.29, 1.82) is 0 Å². The summed E-state index contributed by atoms with van der Waals surface area (Å²) in [5.74, 6) is -2.21. The summed E-state index contributed by atoms with van der Waals surface area (Å²) in [6.07, 6.45) is -1.60. The summed E-state index contributed by atoms with van der Waals surface area (Å²) in [5.41, 5.74) is -0.407. The molecule has 10 nitrogen and oxygen atoms in total. The predicted octanol–water partition coefficient (Wildman–Crippen LogP) is 0.322. The second-order valence-electron chi connectivity index (χ2n) is 6.88. The van der Waals surface area contributed by atoms with Gasteiger partial charge in [0.05, 0.1) is 0 Å². The molecule has 3 unspecified atom stereocenters. The normalized spacial score (nSPS) is 24.3. The molecule has 0 bridgehead atoms. The number of carbonyl (C=O) groups is 4. The van der Waals surface area contributed by atoms with Crippen LogP contribution in [0.4, 0.5) is 4.79 Å². The zero-order valence-corrected chi connectivity index (χ0v) is 16.2. The molecule has 2 aliphatic heterocycles. The van der Waals surface area contributed by atoms with Crippen LogP contribution in [0, 0.1) is 0 Å². The van der Waals surface area contributed by atoms with Gasteiger partial charge in [-0.2, -0.15) is 0 Å². The second-order valence-corrected chi connectivity index (χ2v) is 7.87. The minimum Gasteiger partial charge on any atom is -0.480 e. The number of carboxylic acids is 1. The van der Waals surface area contributed by atoms with E-state index in [4.69, 9.17) is 19.3 Å². The van der Waals surface area contributed by atoms with Crippen molar-refractivity contribution in [3.8, 4) is 0 Å². The maximum atomic E-state index is 12.7. The molecule has 0 aromatic rings. The van der Waals surface area contributed by atoms with Gasteiger partial charge in [0.2, 0.25) is 0 Å². The molecule has 2 heterocycles. The molecule has 11 heteroatoms. The van der Waals surface area contributed by atoms with Crippen LogP contribution in [-0.2, 0) is 28.6 Å². The van der Waals surface area contributed by atoms with Crippen LogP contribution in [0.15, 0.2) is 11.0 Å². The molecule has 2 aliphatic rings. The minimum absolute atomic E-state index is 0.295. The number of methoxy groups -OCH3 is 1. The molecule has 0 aromatic heterocycles. The highest BCUT2D eigenvalue weighted by Gasteiger charge is 2.56. The smallest absolute Gasteiger partial charge is 0.407 e. The van der Waals surface area contributed by atoms with Crippen molar-refractivity contribution in [2.45, 2.75) is 43.9 Å². The number of amides is 2. The molecule has 0 aliphatic carbocycles. The van der Waals surface area contributed by atoms with Crippen LogP contribution >= 0.6 is 11.8 Å². The summed E-state index contributed by atoms with van der Waals surface area (Å²) in [7, 11) is 1.41. The minimum atomic E-state index is -1.22. The number of hydrogen-bond donors (Lipinski definition) is 2. The average Bonchev–Trinajstić information content (AvgIpc) is 2.56. The molecule has 0 aromatic carbocycles. The molecule has 3 atom stereocenters. The van der Waals surface area contributed by atoms with E-state index in [0.717, 1.165) is 0 Å². The first-order valence-corrected chi connectivity index (χ1v) is 9.04. The van der Waals surface area contributed by atoms with Gasteiger partial charge < -0.3 is 29.5 Å². The highest BCUT2D eigenvalue weighted by molar-refractivity contribution is 8.02. The number of nitrogens with zero attached hydrogens (tertiary/aromatic N) is 1. The molecule has 27 heavy (non-hydrogen) atoms. The number of alkyl carbamates (subject to hydrolysis) is 1. The third-order valence-corrected chi connectivity index (χ3v) is 4.85. The zero-order chi connectivity index (χ0) is 20.4. The lowest BCUT2D eigenvalue weighted by Gasteiger charge is -2.51. The summed E-state index contributed by atoms with van der Waals surface area (Å²) < 4.78 is 15.5. The Balaban J connectivity index is 2.13. The molecular formula is C16H22N2O8S. The van der Waals surface area contributed by atoms with E-state index in [0.29, 0.717) is 5.57 Å². The predicted molar refractivity (Wildman–Crippen MR) is 93.7 cm³/mol. The van der Waals surface area contributed by atoms with Crippen LogP contribution < -0.4 is 5.32 Å². The van der Waals surface area contributed by atoms with Crippen molar-refractivity contribution in [3.63, 3.8) is 0 Å². The first-order chi connectivity index (χ1) is 12.5. The van der Waals surface area contributed by atoms with Gasteiger partial charge >= 0.3 is 18.0 Å². The Hall–Kier alpha value is -2.27. The molecule has 2 amide bonds. The Morgan fingerprint density at radius 2 is 2.00 bits per heavy atom. The lowest BCUT2D eigenvalue weighted by molar-refractivity contribution is -0.178. The van der Waals surface area contributed by atoms with E-state index in [2.05, 4.69) is 5.32 Å². The number of aliphatic carboxylic acids is 1. The number of rotatable bonds is 6. The molecule has 2 rings (SSSR count). The highest BCUT2D eigenvalue weighted by atomic mass is 32.2. The highest BCUT2D eigenvalue weighted by Crippen LogP contribution is 2.41. The van der Waals surface area contributed by atoms with Gasteiger partial charge in [-0.05, 0) is 26.2 Å². The van der Waals surface area contributed by atoms with Crippen LogP contribution in [-0.4, -0.2) is 77.3 Å². The van der Waals surface area contributed by atoms with Crippen LogP contribution in [0.3, 0.4) is 0 Å². The molecular weight excluding hydrogens is 380 g/mol. The fourth-order valence-corrected chi connectivity index (χ4v) is 3.81. The molecule has 2 N–H and O–H groups in total. The van der Waals surface area contributed by atoms with Crippen LogP contribution in [0.1, 0.15) is 20.8 Å². The molecule has 1 saturated heterocycles. The molecule has 0 saturated carbocycles. The Kier molecular flexibility index (Phi) is 6.37. The van der Waals surface area contributed by atoms with Crippen molar-refractivity contribution >= 4 is 35.7 Å². The first-order valence-electron chi connectivity index (χ1n) is 8.10. The first kappa shape index (κ1) is 21.0. The third kappa shape index (κ3) is 4.92.